The Morgan fingerprint density at radius 2 is 2.22 bits per heavy atom. The van der Waals surface area contributed by atoms with E-state index in [0.29, 0.717) is 6.54 Å². The molecule has 1 fully saturated rings. The van der Waals surface area contributed by atoms with Crippen LogP contribution in [0, 0.1) is 0 Å². The van der Waals surface area contributed by atoms with Crippen molar-refractivity contribution in [2.75, 3.05) is 13.1 Å². The Kier molecular flexibility index (Phi) is 1.79. The van der Waals surface area contributed by atoms with Crippen molar-refractivity contribution in [3.8, 4) is 0 Å². The minimum atomic E-state index is -1.17. The molecule has 52 valence electrons. The summed E-state index contributed by atoms with van der Waals surface area (Å²) in [5, 5.41) is 20.4. The van der Waals surface area contributed by atoms with Crippen LogP contribution in [-0.4, -0.2) is 30.3 Å². The van der Waals surface area contributed by atoms with E-state index in [1.54, 1.807) is 0 Å². The quantitative estimate of drug-likeness (QED) is 0.407. The fourth-order valence-corrected chi connectivity index (χ4v) is 1.06. The van der Waals surface area contributed by atoms with Gasteiger partial charge in [-0.2, -0.15) is 0 Å². The molecule has 1 aliphatic rings. The van der Waals surface area contributed by atoms with E-state index in [-0.39, 0.29) is 5.31 Å². The van der Waals surface area contributed by atoms with E-state index in [4.69, 9.17) is 10.0 Å². The van der Waals surface area contributed by atoms with Crippen molar-refractivity contribution in [3.05, 3.63) is 0 Å². The second-order valence-electron chi connectivity index (χ2n) is 2.95. The van der Waals surface area contributed by atoms with E-state index in [1.807, 2.05) is 6.92 Å². The topological polar surface area (TPSA) is 52.5 Å². The van der Waals surface area contributed by atoms with Gasteiger partial charge in [-0.05, 0) is 19.5 Å². The molecule has 1 aliphatic heterocycles. The lowest BCUT2D eigenvalue weighted by Crippen LogP contribution is -2.32. The number of nitrogens with one attached hydrogen (secondary N) is 1. The molecule has 1 heterocycles. The van der Waals surface area contributed by atoms with E-state index < -0.39 is 7.12 Å². The first-order valence-corrected chi connectivity index (χ1v) is 3.22. The van der Waals surface area contributed by atoms with Crippen molar-refractivity contribution in [2.24, 2.45) is 0 Å². The standard InChI is InChI=1S/C5H12BNO2/c1-5(6(8)9)2-3-7-4-5/h7-9H,2-4H2,1H3. The van der Waals surface area contributed by atoms with Crippen LogP contribution in [0.1, 0.15) is 13.3 Å². The van der Waals surface area contributed by atoms with Gasteiger partial charge in [0.15, 0.2) is 0 Å². The van der Waals surface area contributed by atoms with E-state index in [0.717, 1.165) is 13.0 Å². The summed E-state index contributed by atoms with van der Waals surface area (Å²) in [7, 11) is -1.17. The Hall–Kier alpha value is -0.0551. The molecule has 4 heteroatoms. The Morgan fingerprint density at radius 3 is 2.44 bits per heavy atom. The van der Waals surface area contributed by atoms with Gasteiger partial charge in [-0.3, -0.25) is 0 Å². The van der Waals surface area contributed by atoms with E-state index in [1.165, 1.54) is 0 Å². The lowest BCUT2D eigenvalue weighted by molar-refractivity contribution is 0.352. The first kappa shape index (κ1) is 7.06. The average molecular weight is 129 g/mol. The van der Waals surface area contributed by atoms with Crippen molar-refractivity contribution >= 4 is 7.12 Å². The van der Waals surface area contributed by atoms with Crippen molar-refractivity contribution in [2.45, 2.75) is 18.7 Å². The van der Waals surface area contributed by atoms with Crippen LogP contribution < -0.4 is 5.32 Å². The van der Waals surface area contributed by atoms with Crippen molar-refractivity contribution in [3.63, 3.8) is 0 Å². The van der Waals surface area contributed by atoms with Gasteiger partial charge >= 0.3 is 7.12 Å². The second-order valence-corrected chi connectivity index (χ2v) is 2.95. The summed E-state index contributed by atoms with van der Waals surface area (Å²) in [4.78, 5) is 0. The maximum absolute atomic E-state index is 8.83. The van der Waals surface area contributed by atoms with Crippen molar-refractivity contribution in [1.29, 1.82) is 0 Å². The van der Waals surface area contributed by atoms with Gasteiger partial charge in [-0.25, -0.2) is 0 Å². The van der Waals surface area contributed by atoms with Gasteiger partial charge in [0.2, 0.25) is 0 Å². The van der Waals surface area contributed by atoms with Crippen LogP contribution in [0.5, 0.6) is 0 Å². The third-order valence-corrected chi connectivity index (χ3v) is 2.03. The second kappa shape index (κ2) is 2.29. The largest absolute Gasteiger partial charge is 0.459 e. The van der Waals surface area contributed by atoms with Gasteiger partial charge in [0.1, 0.15) is 0 Å². The summed E-state index contributed by atoms with van der Waals surface area (Å²) < 4.78 is 0. The average Bonchev–Trinajstić information content (AvgIpc) is 2.16. The monoisotopic (exact) mass is 129 g/mol. The summed E-state index contributed by atoms with van der Waals surface area (Å²) >= 11 is 0. The molecule has 3 nitrogen and oxygen atoms in total. The van der Waals surface area contributed by atoms with Crippen LogP contribution >= 0.6 is 0 Å². The predicted molar refractivity (Wildman–Crippen MR) is 36.0 cm³/mol. The summed E-state index contributed by atoms with van der Waals surface area (Å²) in [5.41, 5.74) is 0. The predicted octanol–water partition coefficient (Wildman–Crippen LogP) is -0.787. The Morgan fingerprint density at radius 1 is 1.56 bits per heavy atom. The minimum Gasteiger partial charge on any atom is -0.427 e. The third-order valence-electron chi connectivity index (χ3n) is 2.03. The highest BCUT2D eigenvalue weighted by Crippen LogP contribution is 2.33. The lowest BCUT2D eigenvalue weighted by Gasteiger charge is -2.19. The molecular formula is C5H12BNO2. The fourth-order valence-electron chi connectivity index (χ4n) is 1.06. The first-order chi connectivity index (χ1) is 4.15. The van der Waals surface area contributed by atoms with Crippen LogP contribution in [0.25, 0.3) is 0 Å². The summed E-state index contributed by atoms with van der Waals surface area (Å²) in [5.74, 6) is 0. The molecule has 1 unspecified atom stereocenters. The molecule has 0 spiro atoms. The molecule has 0 aliphatic carbocycles. The number of hydrogen-bond acceptors (Lipinski definition) is 3. The highest BCUT2D eigenvalue weighted by Gasteiger charge is 2.39. The smallest absolute Gasteiger partial charge is 0.427 e. The number of hydrogen-bond donors (Lipinski definition) is 3. The molecule has 0 aromatic carbocycles. The molecule has 0 radical (unpaired) electrons. The lowest BCUT2D eigenvalue weighted by atomic mass is 9.59. The van der Waals surface area contributed by atoms with Crippen LogP contribution in [0.15, 0.2) is 0 Å². The Bertz CT molecular complexity index is 101. The van der Waals surface area contributed by atoms with Gasteiger partial charge in [-0.15, -0.1) is 0 Å². The zero-order chi connectivity index (χ0) is 6.91. The van der Waals surface area contributed by atoms with Crippen LogP contribution in [0.4, 0.5) is 0 Å². The molecule has 0 aromatic heterocycles. The highest BCUT2D eigenvalue weighted by atomic mass is 16.4. The maximum atomic E-state index is 8.83. The maximum Gasteiger partial charge on any atom is 0.459 e. The fraction of sp³-hybridized carbons (Fsp3) is 1.00. The van der Waals surface area contributed by atoms with Crippen LogP contribution in [0.3, 0.4) is 0 Å². The van der Waals surface area contributed by atoms with Gasteiger partial charge in [0.25, 0.3) is 0 Å². The molecule has 1 saturated heterocycles. The van der Waals surface area contributed by atoms with E-state index in [2.05, 4.69) is 5.32 Å². The van der Waals surface area contributed by atoms with Gasteiger partial charge in [-0.1, -0.05) is 6.92 Å². The third kappa shape index (κ3) is 1.26. The van der Waals surface area contributed by atoms with Crippen LogP contribution in [-0.2, 0) is 0 Å². The molecule has 1 rings (SSSR count). The van der Waals surface area contributed by atoms with Gasteiger partial charge in [0, 0.05) is 5.31 Å². The van der Waals surface area contributed by atoms with E-state index >= 15 is 0 Å². The first-order valence-electron chi connectivity index (χ1n) is 3.22. The van der Waals surface area contributed by atoms with Gasteiger partial charge < -0.3 is 15.4 Å². The molecule has 0 saturated carbocycles. The zero-order valence-electron chi connectivity index (χ0n) is 5.59. The molecule has 1 atom stereocenters. The van der Waals surface area contributed by atoms with Gasteiger partial charge in [0.05, 0.1) is 0 Å². The summed E-state index contributed by atoms with van der Waals surface area (Å²) in [6.07, 6.45) is 0.852. The molecule has 0 bridgehead atoms. The number of rotatable bonds is 1. The van der Waals surface area contributed by atoms with Crippen LogP contribution in [0.2, 0.25) is 5.31 Å². The Labute approximate surface area is 55.2 Å². The highest BCUT2D eigenvalue weighted by molar-refractivity contribution is 6.45. The molecule has 9 heavy (non-hydrogen) atoms. The summed E-state index contributed by atoms with van der Waals surface area (Å²) in [6, 6.07) is 0. The summed E-state index contributed by atoms with van der Waals surface area (Å²) in [6.45, 7) is 3.48. The minimum absolute atomic E-state index is 0.306. The molecule has 0 amide bonds. The SMILES string of the molecule is CC1(B(O)O)CCNC1. The van der Waals surface area contributed by atoms with E-state index in [9.17, 15) is 0 Å². The molecular weight excluding hydrogens is 117 g/mol. The molecule has 3 N–H and O–H groups in total. The van der Waals surface area contributed by atoms with Crippen molar-refractivity contribution < 1.29 is 10.0 Å². The normalized spacial score (nSPS) is 35.0. The van der Waals surface area contributed by atoms with Crippen molar-refractivity contribution in [1.82, 2.24) is 5.32 Å². The zero-order valence-corrected chi connectivity index (χ0v) is 5.59. The molecule has 0 aromatic rings. The Balaban J connectivity index is 2.51.